The van der Waals surface area contributed by atoms with Crippen molar-refractivity contribution in [1.82, 2.24) is 5.32 Å². The van der Waals surface area contributed by atoms with Gasteiger partial charge >= 0.3 is 6.18 Å². The van der Waals surface area contributed by atoms with Gasteiger partial charge in [0.1, 0.15) is 0 Å². The molecule has 0 fully saturated rings. The SMILES string of the molecule is CCCNC(CC(C)(C)OC)c1ccccc1C(F)(F)F. The number of halogens is 3. The fourth-order valence-electron chi connectivity index (χ4n) is 2.24. The van der Waals surface area contributed by atoms with Gasteiger partial charge in [-0.15, -0.1) is 0 Å². The summed E-state index contributed by atoms with van der Waals surface area (Å²) in [6, 6.07) is 5.35. The lowest BCUT2D eigenvalue weighted by Crippen LogP contribution is -2.33. The Morgan fingerprint density at radius 3 is 2.33 bits per heavy atom. The van der Waals surface area contributed by atoms with Crippen LogP contribution in [0.5, 0.6) is 0 Å². The van der Waals surface area contributed by atoms with Crippen LogP contribution in [0.1, 0.15) is 50.8 Å². The molecule has 1 aromatic carbocycles. The van der Waals surface area contributed by atoms with E-state index in [0.29, 0.717) is 13.0 Å². The Morgan fingerprint density at radius 1 is 1.19 bits per heavy atom. The van der Waals surface area contributed by atoms with E-state index in [4.69, 9.17) is 4.74 Å². The number of nitrogens with one attached hydrogen (secondary N) is 1. The van der Waals surface area contributed by atoms with Gasteiger partial charge in [-0.3, -0.25) is 0 Å². The first-order valence-corrected chi connectivity index (χ1v) is 7.16. The van der Waals surface area contributed by atoms with Gasteiger partial charge in [-0.2, -0.15) is 13.2 Å². The first-order valence-electron chi connectivity index (χ1n) is 7.16. The minimum atomic E-state index is -4.35. The number of rotatable bonds is 7. The van der Waals surface area contributed by atoms with E-state index in [9.17, 15) is 13.2 Å². The third kappa shape index (κ3) is 5.32. The highest BCUT2D eigenvalue weighted by atomic mass is 19.4. The summed E-state index contributed by atoms with van der Waals surface area (Å²) in [7, 11) is 1.58. The molecule has 0 saturated carbocycles. The highest BCUT2D eigenvalue weighted by Crippen LogP contribution is 2.37. The summed E-state index contributed by atoms with van der Waals surface area (Å²) >= 11 is 0. The molecule has 1 unspecified atom stereocenters. The second-order valence-corrected chi connectivity index (χ2v) is 5.76. The molecule has 0 radical (unpaired) electrons. The molecule has 0 heterocycles. The van der Waals surface area contributed by atoms with Gasteiger partial charge in [-0.1, -0.05) is 25.1 Å². The molecule has 5 heteroatoms. The molecule has 1 rings (SSSR count). The number of hydrogen-bond acceptors (Lipinski definition) is 2. The highest BCUT2D eigenvalue weighted by molar-refractivity contribution is 5.32. The minimum absolute atomic E-state index is 0.281. The smallest absolute Gasteiger partial charge is 0.379 e. The summed E-state index contributed by atoms with van der Waals surface area (Å²) < 4.78 is 44.9. The Morgan fingerprint density at radius 2 is 1.81 bits per heavy atom. The van der Waals surface area contributed by atoms with Crippen LogP contribution in [0.25, 0.3) is 0 Å². The third-order valence-corrected chi connectivity index (χ3v) is 3.53. The first-order chi connectivity index (χ1) is 9.71. The molecule has 1 aromatic rings. The van der Waals surface area contributed by atoms with E-state index < -0.39 is 23.4 Å². The van der Waals surface area contributed by atoms with Crippen LogP contribution in [0.3, 0.4) is 0 Å². The lowest BCUT2D eigenvalue weighted by molar-refractivity contribution is -0.138. The Hall–Kier alpha value is -1.07. The van der Waals surface area contributed by atoms with Gasteiger partial charge in [-0.05, 0) is 44.9 Å². The van der Waals surface area contributed by atoms with E-state index in [1.807, 2.05) is 20.8 Å². The molecule has 120 valence electrons. The molecule has 0 aliphatic heterocycles. The molecule has 0 aliphatic rings. The molecule has 0 aliphatic carbocycles. The van der Waals surface area contributed by atoms with Crippen molar-refractivity contribution in [2.24, 2.45) is 0 Å². The third-order valence-electron chi connectivity index (χ3n) is 3.53. The van der Waals surface area contributed by atoms with E-state index in [-0.39, 0.29) is 5.56 Å². The van der Waals surface area contributed by atoms with E-state index in [1.165, 1.54) is 6.07 Å². The Labute approximate surface area is 124 Å². The molecular formula is C16H24F3NO. The Kier molecular flexibility index (Phi) is 6.23. The summed E-state index contributed by atoms with van der Waals surface area (Å²) in [5.74, 6) is 0. The standard InChI is InChI=1S/C16H24F3NO/c1-5-10-20-14(11-15(2,3)21-4)12-8-6-7-9-13(12)16(17,18)19/h6-9,14,20H,5,10-11H2,1-4H3. The van der Waals surface area contributed by atoms with Crippen LogP contribution < -0.4 is 5.32 Å². The van der Waals surface area contributed by atoms with Gasteiger partial charge in [0.2, 0.25) is 0 Å². The zero-order valence-corrected chi connectivity index (χ0v) is 13.1. The summed E-state index contributed by atoms with van der Waals surface area (Å²) in [5.41, 5.74) is -0.793. The fraction of sp³-hybridized carbons (Fsp3) is 0.625. The van der Waals surface area contributed by atoms with Crippen molar-refractivity contribution in [2.45, 2.75) is 51.4 Å². The van der Waals surface area contributed by atoms with Crippen molar-refractivity contribution in [3.05, 3.63) is 35.4 Å². The van der Waals surface area contributed by atoms with Gasteiger partial charge in [0, 0.05) is 13.2 Å². The average molecular weight is 303 g/mol. The molecule has 21 heavy (non-hydrogen) atoms. The van der Waals surface area contributed by atoms with Gasteiger partial charge < -0.3 is 10.1 Å². The Balaban J connectivity index is 3.14. The van der Waals surface area contributed by atoms with Crippen LogP contribution in [-0.4, -0.2) is 19.3 Å². The predicted molar refractivity (Wildman–Crippen MR) is 78.2 cm³/mol. The molecular weight excluding hydrogens is 279 g/mol. The fourth-order valence-corrected chi connectivity index (χ4v) is 2.24. The summed E-state index contributed by atoms with van der Waals surface area (Å²) in [5, 5.41) is 3.21. The summed E-state index contributed by atoms with van der Waals surface area (Å²) in [6.07, 6.45) is -3.02. The number of ether oxygens (including phenoxy) is 1. The normalized spacial score (nSPS) is 14.2. The number of hydrogen-bond donors (Lipinski definition) is 1. The number of methoxy groups -OCH3 is 1. The Bertz CT molecular complexity index is 443. The molecule has 0 spiro atoms. The lowest BCUT2D eigenvalue weighted by atomic mass is 9.90. The van der Waals surface area contributed by atoms with Crippen LogP contribution in [-0.2, 0) is 10.9 Å². The molecule has 2 nitrogen and oxygen atoms in total. The average Bonchev–Trinajstić information content (AvgIpc) is 2.42. The van der Waals surface area contributed by atoms with Gasteiger partial charge in [0.15, 0.2) is 0 Å². The number of benzene rings is 1. The topological polar surface area (TPSA) is 21.3 Å². The zero-order valence-electron chi connectivity index (χ0n) is 13.1. The van der Waals surface area contributed by atoms with Crippen molar-refractivity contribution in [3.8, 4) is 0 Å². The van der Waals surface area contributed by atoms with Gasteiger partial charge in [0.25, 0.3) is 0 Å². The molecule has 0 bridgehead atoms. The quantitative estimate of drug-likeness (QED) is 0.797. The van der Waals surface area contributed by atoms with E-state index >= 15 is 0 Å². The maximum atomic E-state index is 13.2. The van der Waals surface area contributed by atoms with Crippen molar-refractivity contribution in [3.63, 3.8) is 0 Å². The monoisotopic (exact) mass is 303 g/mol. The molecule has 1 atom stereocenters. The number of alkyl halides is 3. The zero-order chi connectivity index (χ0) is 16.1. The van der Waals surface area contributed by atoms with Crippen LogP contribution in [0.2, 0.25) is 0 Å². The minimum Gasteiger partial charge on any atom is -0.379 e. The maximum absolute atomic E-state index is 13.2. The van der Waals surface area contributed by atoms with E-state index in [1.54, 1.807) is 19.2 Å². The van der Waals surface area contributed by atoms with Crippen LogP contribution in [0.15, 0.2) is 24.3 Å². The van der Waals surface area contributed by atoms with E-state index in [0.717, 1.165) is 12.5 Å². The molecule has 0 amide bonds. The summed E-state index contributed by atoms with van der Waals surface area (Å²) in [6.45, 7) is 6.41. The second kappa shape index (κ2) is 7.27. The van der Waals surface area contributed by atoms with Gasteiger partial charge in [0.05, 0.1) is 11.2 Å². The molecule has 1 N–H and O–H groups in total. The lowest BCUT2D eigenvalue weighted by Gasteiger charge is -2.31. The summed E-state index contributed by atoms with van der Waals surface area (Å²) in [4.78, 5) is 0. The molecule has 0 saturated heterocycles. The molecule has 0 aromatic heterocycles. The van der Waals surface area contributed by atoms with Gasteiger partial charge in [-0.25, -0.2) is 0 Å². The largest absolute Gasteiger partial charge is 0.416 e. The van der Waals surface area contributed by atoms with Crippen LogP contribution in [0, 0.1) is 0 Å². The maximum Gasteiger partial charge on any atom is 0.416 e. The highest BCUT2D eigenvalue weighted by Gasteiger charge is 2.36. The van der Waals surface area contributed by atoms with Crippen molar-refractivity contribution in [1.29, 1.82) is 0 Å². The van der Waals surface area contributed by atoms with Crippen LogP contribution >= 0.6 is 0 Å². The predicted octanol–water partition coefficient (Wildman–Crippen LogP) is 4.56. The van der Waals surface area contributed by atoms with Crippen molar-refractivity contribution < 1.29 is 17.9 Å². The second-order valence-electron chi connectivity index (χ2n) is 5.76. The van der Waals surface area contributed by atoms with Crippen molar-refractivity contribution >= 4 is 0 Å². The van der Waals surface area contributed by atoms with Crippen molar-refractivity contribution in [2.75, 3.05) is 13.7 Å². The van der Waals surface area contributed by atoms with E-state index in [2.05, 4.69) is 5.32 Å². The van der Waals surface area contributed by atoms with Crippen LogP contribution in [0.4, 0.5) is 13.2 Å². The first kappa shape index (κ1) is 18.0.